The van der Waals surface area contributed by atoms with Gasteiger partial charge in [-0.15, -0.1) is 0 Å². The summed E-state index contributed by atoms with van der Waals surface area (Å²) in [5.74, 6) is 0. The van der Waals surface area contributed by atoms with Crippen LogP contribution in [0.25, 0.3) is 0 Å². The molecule has 0 aromatic rings. The second kappa shape index (κ2) is 14.1. The Bertz CT molecular complexity index is 209. The summed E-state index contributed by atoms with van der Waals surface area (Å²) in [5, 5.41) is 8.07. The normalized spacial score (nSPS) is 10.2. The summed E-state index contributed by atoms with van der Waals surface area (Å²) in [6, 6.07) is 0. The molecule has 0 saturated heterocycles. The van der Waals surface area contributed by atoms with Crippen molar-refractivity contribution in [2.45, 2.75) is 53.4 Å². The summed E-state index contributed by atoms with van der Waals surface area (Å²) in [6.07, 6.45) is 8.72. The molecule has 0 spiro atoms. The number of unbranched alkanes of at least 4 members (excludes halogenated alkanes) is 1. The molecule has 0 aliphatic rings. The minimum Gasteiger partial charge on any atom is -0.396 e. The highest BCUT2D eigenvalue weighted by molar-refractivity contribution is 5.65. The highest BCUT2D eigenvalue weighted by Crippen LogP contribution is 2.05. The SMILES string of the molecule is CC(C)=CCCC(C)=CC=O.CCCCO. The smallest absolute Gasteiger partial charge is 0.142 e. The summed E-state index contributed by atoms with van der Waals surface area (Å²) in [5.41, 5.74) is 2.49. The van der Waals surface area contributed by atoms with Crippen LogP contribution in [0.4, 0.5) is 0 Å². The van der Waals surface area contributed by atoms with Crippen LogP contribution in [0.15, 0.2) is 23.3 Å². The summed E-state index contributed by atoms with van der Waals surface area (Å²) < 4.78 is 0. The Kier molecular flexibility index (Phi) is 15.4. The van der Waals surface area contributed by atoms with Crippen LogP contribution in [0.3, 0.4) is 0 Å². The topological polar surface area (TPSA) is 37.3 Å². The number of aliphatic hydroxyl groups is 1. The highest BCUT2D eigenvalue weighted by atomic mass is 16.2. The number of carbonyl (C=O) groups is 1. The molecule has 0 unspecified atom stereocenters. The standard InChI is InChI=1S/C10H16O.C4H10O/c1-9(2)5-4-6-10(3)7-8-11;1-2-3-4-5/h5,7-8H,4,6H2,1-3H3;5H,2-4H2,1H3. The van der Waals surface area contributed by atoms with E-state index in [1.165, 1.54) is 5.57 Å². The molecule has 0 atom stereocenters. The van der Waals surface area contributed by atoms with E-state index in [4.69, 9.17) is 5.11 Å². The quantitative estimate of drug-likeness (QED) is 0.426. The van der Waals surface area contributed by atoms with Gasteiger partial charge in [-0.2, -0.15) is 0 Å². The monoisotopic (exact) mass is 226 g/mol. The van der Waals surface area contributed by atoms with E-state index in [0.29, 0.717) is 6.61 Å². The molecule has 16 heavy (non-hydrogen) atoms. The molecule has 0 aromatic carbocycles. The molecule has 1 N–H and O–H groups in total. The maximum atomic E-state index is 10.0. The third-order valence-corrected chi connectivity index (χ3v) is 1.96. The van der Waals surface area contributed by atoms with E-state index in [-0.39, 0.29) is 0 Å². The van der Waals surface area contributed by atoms with Gasteiger partial charge in [-0.1, -0.05) is 30.6 Å². The fourth-order valence-corrected chi connectivity index (χ4v) is 0.946. The number of hydrogen-bond acceptors (Lipinski definition) is 2. The zero-order chi connectivity index (χ0) is 12.8. The summed E-state index contributed by atoms with van der Waals surface area (Å²) in [7, 11) is 0. The minimum absolute atomic E-state index is 0.344. The first-order chi connectivity index (χ1) is 7.58. The average molecular weight is 226 g/mol. The number of aliphatic hydroxyl groups excluding tert-OH is 1. The fourth-order valence-electron chi connectivity index (χ4n) is 0.946. The van der Waals surface area contributed by atoms with Crippen molar-refractivity contribution in [2.24, 2.45) is 0 Å². The van der Waals surface area contributed by atoms with Crippen molar-refractivity contribution in [3.05, 3.63) is 23.3 Å². The number of aldehydes is 1. The summed E-state index contributed by atoms with van der Waals surface area (Å²) in [6.45, 7) is 8.54. The Morgan fingerprint density at radius 3 is 2.19 bits per heavy atom. The van der Waals surface area contributed by atoms with Gasteiger partial charge < -0.3 is 5.11 Å². The molecule has 0 aliphatic heterocycles. The van der Waals surface area contributed by atoms with Crippen molar-refractivity contribution >= 4 is 6.29 Å². The Morgan fingerprint density at radius 1 is 1.25 bits per heavy atom. The van der Waals surface area contributed by atoms with Gasteiger partial charge in [0.1, 0.15) is 6.29 Å². The maximum absolute atomic E-state index is 10.0. The molecule has 0 saturated carbocycles. The number of carbonyl (C=O) groups excluding carboxylic acids is 1. The Morgan fingerprint density at radius 2 is 1.88 bits per heavy atom. The fraction of sp³-hybridized carbons (Fsp3) is 0.643. The minimum atomic E-state index is 0.344. The first kappa shape index (κ1) is 17.5. The van der Waals surface area contributed by atoms with Crippen LogP contribution in [0.1, 0.15) is 53.4 Å². The molecule has 0 bridgehead atoms. The van der Waals surface area contributed by atoms with Gasteiger partial charge in [0.25, 0.3) is 0 Å². The molecule has 94 valence electrons. The van der Waals surface area contributed by atoms with Crippen LogP contribution in [-0.4, -0.2) is 18.0 Å². The first-order valence-corrected chi connectivity index (χ1v) is 5.93. The van der Waals surface area contributed by atoms with Crippen molar-refractivity contribution in [1.82, 2.24) is 0 Å². The van der Waals surface area contributed by atoms with Crippen molar-refractivity contribution in [3.63, 3.8) is 0 Å². The third-order valence-electron chi connectivity index (χ3n) is 1.96. The van der Waals surface area contributed by atoms with Gasteiger partial charge >= 0.3 is 0 Å². The molecule has 2 heteroatoms. The lowest BCUT2D eigenvalue weighted by Crippen LogP contribution is -1.77. The van der Waals surface area contributed by atoms with Gasteiger partial charge in [0.05, 0.1) is 0 Å². The lowest BCUT2D eigenvalue weighted by atomic mass is 10.1. The number of allylic oxidation sites excluding steroid dienone is 4. The van der Waals surface area contributed by atoms with Crippen molar-refractivity contribution in [2.75, 3.05) is 6.61 Å². The molecule has 0 radical (unpaired) electrons. The largest absolute Gasteiger partial charge is 0.396 e. The van der Waals surface area contributed by atoms with Crippen molar-refractivity contribution in [1.29, 1.82) is 0 Å². The van der Waals surface area contributed by atoms with E-state index in [0.717, 1.165) is 37.5 Å². The van der Waals surface area contributed by atoms with Gasteiger partial charge in [-0.05, 0) is 46.1 Å². The molecular formula is C14H26O2. The molecular weight excluding hydrogens is 200 g/mol. The lowest BCUT2D eigenvalue weighted by molar-refractivity contribution is -0.104. The third kappa shape index (κ3) is 18.8. The lowest BCUT2D eigenvalue weighted by Gasteiger charge is -1.94. The predicted octanol–water partition coefficient (Wildman–Crippen LogP) is 3.66. The number of rotatable bonds is 6. The van der Waals surface area contributed by atoms with E-state index in [2.05, 4.69) is 26.8 Å². The van der Waals surface area contributed by atoms with Crippen molar-refractivity contribution in [3.8, 4) is 0 Å². The zero-order valence-corrected chi connectivity index (χ0v) is 11.1. The molecule has 0 aliphatic carbocycles. The average Bonchev–Trinajstić information content (AvgIpc) is 2.19. The van der Waals surface area contributed by atoms with Gasteiger partial charge in [0.15, 0.2) is 0 Å². The van der Waals surface area contributed by atoms with Gasteiger partial charge in [0, 0.05) is 6.61 Å². The van der Waals surface area contributed by atoms with E-state index < -0.39 is 0 Å². The molecule has 2 nitrogen and oxygen atoms in total. The van der Waals surface area contributed by atoms with Gasteiger partial charge in [-0.25, -0.2) is 0 Å². The molecule has 0 fully saturated rings. The van der Waals surface area contributed by atoms with E-state index >= 15 is 0 Å². The predicted molar refractivity (Wildman–Crippen MR) is 70.5 cm³/mol. The van der Waals surface area contributed by atoms with Crippen LogP contribution in [-0.2, 0) is 4.79 Å². The van der Waals surface area contributed by atoms with Gasteiger partial charge in [0.2, 0.25) is 0 Å². The second-order valence-corrected chi connectivity index (χ2v) is 4.05. The van der Waals surface area contributed by atoms with Gasteiger partial charge in [-0.3, -0.25) is 4.79 Å². The second-order valence-electron chi connectivity index (χ2n) is 4.05. The Labute approximate surface area is 100 Å². The summed E-state index contributed by atoms with van der Waals surface area (Å²) >= 11 is 0. The van der Waals surface area contributed by atoms with Crippen LogP contribution >= 0.6 is 0 Å². The van der Waals surface area contributed by atoms with Crippen LogP contribution in [0, 0.1) is 0 Å². The molecule has 0 amide bonds. The Balaban J connectivity index is 0. The zero-order valence-electron chi connectivity index (χ0n) is 11.1. The van der Waals surface area contributed by atoms with E-state index in [9.17, 15) is 4.79 Å². The summed E-state index contributed by atoms with van der Waals surface area (Å²) in [4.78, 5) is 10.0. The molecule has 0 rings (SSSR count). The molecule has 0 heterocycles. The Hall–Kier alpha value is -0.890. The first-order valence-electron chi connectivity index (χ1n) is 5.93. The van der Waals surface area contributed by atoms with E-state index in [1.807, 2.05) is 6.92 Å². The number of hydrogen-bond donors (Lipinski definition) is 1. The maximum Gasteiger partial charge on any atom is 0.142 e. The van der Waals surface area contributed by atoms with Crippen LogP contribution < -0.4 is 0 Å². The van der Waals surface area contributed by atoms with E-state index in [1.54, 1.807) is 6.08 Å². The molecule has 0 aromatic heterocycles. The van der Waals surface area contributed by atoms with Crippen molar-refractivity contribution < 1.29 is 9.90 Å². The van der Waals surface area contributed by atoms with Crippen LogP contribution in [0.2, 0.25) is 0 Å². The van der Waals surface area contributed by atoms with Crippen LogP contribution in [0.5, 0.6) is 0 Å². The highest BCUT2D eigenvalue weighted by Gasteiger charge is 1.86.